The van der Waals surface area contributed by atoms with E-state index in [2.05, 4.69) is 34.1 Å². The highest BCUT2D eigenvalue weighted by Crippen LogP contribution is 2.40. The summed E-state index contributed by atoms with van der Waals surface area (Å²) in [4.78, 5) is 27.9. The average molecular weight is 539 g/mol. The molecule has 8 nitrogen and oxygen atoms in total. The smallest absolute Gasteiger partial charge is 0.290 e. The van der Waals surface area contributed by atoms with Crippen LogP contribution in [0.3, 0.4) is 0 Å². The summed E-state index contributed by atoms with van der Waals surface area (Å²) in [5.74, 6) is 0. The standard InChI is InChI=1S/C30H26N4O4S/c35-33(36)24-15-16-29(28(19-24)34(37)38)39-30-26(25-13-7-8-14-27(25)31-30)17-18-32(20-22-9-3-1-4-10-22)21-23-11-5-2-6-12-23/h1-16,19,31H,17-18,20-21H2. The van der Waals surface area contributed by atoms with Gasteiger partial charge in [-0.2, -0.15) is 0 Å². The Morgan fingerprint density at radius 1 is 0.744 bits per heavy atom. The number of benzene rings is 4. The first kappa shape index (κ1) is 26.1. The summed E-state index contributed by atoms with van der Waals surface area (Å²) in [6.07, 6.45) is 0.715. The maximum atomic E-state index is 11.8. The Kier molecular flexibility index (Phi) is 8.00. The fraction of sp³-hybridized carbons (Fsp3) is 0.133. The van der Waals surface area contributed by atoms with Gasteiger partial charge in [0.1, 0.15) is 0 Å². The Balaban J connectivity index is 1.45. The Labute approximate surface area is 229 Å². The van der Waals surface area contributed by atoms with Crippen molar-refractivity contribution < 1.29 is 9.85 Å². The van der Waals surface area contributed by atoms with Crippen LogP contribution in [0.5, 0.6) is 0 Å². The third kappa shape index (κ3) is 6.34. The largest absolute Gasteiger partial charge is 0.349 e. The lowest BCUT2D eigenvalue weighted by atomic mass is 10.1. The van der Waals surface area contributed by atoms with Crippen molar-refractivity contribution in [2.24, 2.45) is 0 Å². The van der Waals surface area contributed by atoms with Crippen molar-refractivity contribution in [1.82, 2.24) is 9.88 Å². The minimum atomic E-state index is -0.621. The van der Waals surface area contributed by atoms with E-state index in [0.717, 1.165) is 47.2 Å². The zero-order chi connectivity index (χ0) is 27.2. The van der Waals surface area contributed by atoms with E-state index in [1.54, 1.807) is 0 Å². The highest BCUT2D eigenvalue weighted by Gasteiger charge is 2.23. The first-order valence-corrected chi connectivity index (χ1v) is 13.3. The molecule has 1 aromatic heterocycles. The number of non-ortho nitro benzene ring substituents is 1. The molecule has 0 aliphatic heterocycles. The predicted molar refractivity (Wildman–Crippen MR) is 153 cm³/mol. The van der Waals surface area contributed by atoms with Crippen molar-refractivity contribution in [3.05, 3.63) is 140 Å². The van der Waals surface area contributed by atoms with Crippen molar-refractivity contribution in [3.8, 4) is 0 Å². The Bertz CT molecular complexity index is 1560. The van der Waals surface area contributed by atoms with Crippen LogP contribution in [-0.2, 0) is 19.5 Å². The molecule has 5 aromatic rings. The van der Waals surface area contributed by atoms with Crippen LogP contribution in [0.25, 0.3) is 10.9 Å². The number of hydrogen-bond acceptors (Lipinski definition) is 6. The molecular weight excluding hydrogens is 512 g/mol. The number of nitrogens with zero attached hydrogens (tertiary/aromatic N) is 3. The van der Waals surface area contributed by atoms with Crippen LogP contribution in [0, 0.1) is 20.2 Å². The van der Waals surface area contributed by atoms with Gasteiger partial charge in [0, 0.05) is 36.6 Å². The number of aromatic amines is 1. The quantitative estimate of drug-likeness (QED) is 0.139. The summed E-state index contributed by atoms with van der Waals surface area (Å²) in [5.41, 5.74) is 3.87. The maximum Gasteiger partial charge on any atom is 0.290 e. The minimum absolute atomic E-state index is 0.284. The molecule has 196 valence electrons. The second-order valence-corrected chi connectivity index (χ2v) is 10.2. The molecule has 0 bridgehead atoms. The van der Waals surface area contributed by atoms with Gasteiger partial charge in [-0.3, -0.25) is 25.1 Å². The van der Waals surface area contributed by atoms with Gasteiger partial charge in [-0.25, -0.2) is 0 Å². The van der Waals surface area contributed by atoms with E-state index in [1.165, 1.54) is 35.0 Å². The fourth-order valence-corrected chi connectivity index (χ4v) is 5.73. The molecule has 0 aliphatic rings. The van der Waals surface area contributed by atoms with Gasteiger partial charge in [-0.05, 0) is 35.2 Å². The molecule has 0 fully saturated rings. The number of para-hydroxylation sites is 1. The second-order valence-electron chi connectivity index (χ2n) is 9.18. The fourth-order valence-electron chi connectivity index (χ4n) is 4.64. The number of H-pyrrole nitrogens is 1. The monoisotopic (exact) mass is 538 g/mol. The van der Waals surface area contributed by atoms with Crippen LogP contribution >= 0.6 is 11.8 Å². The van der Waals surface area contributed by atoms with E-state index < -0.39 is 9.85 Å². The van der Waals surface area contributed by atoms with Crippen LogP contribution in [-0.4, -0.2) is 26.3 Å². The predicted octanol–water partition coefficient (Wildman–Crippen LogP) is 7.38. The molecule has 1 heterocycles. The van der Waals surface area contributed by atoms with E-state index in [0.29, 0.717) is 11.3 Å². The SMILES string of the molecule is O=[N+]([O-])c1ccc(Sc2[nH]c3ccccc3c2CCN(Cc2ccccc2)Cc2ccccc2)c([N+](=O)[O-])c1. The van der Waals surface area contributed by atoms with E-state index in [1.807, 2.05) is 60.7 Å². The van der Waals surface area contributed by atoms with Crippen LogP contribution < -0.4 is 0 Å². The van der Waals surface area contributed by atoms with Gasteiger partial charge < -0.3 is 4.98 Å². The van der Waals surface area contributed by atoms with Gasteiger partial charge in [0.15, 0.2) is 0 Å². The molecule has 39 heavy (non-hydrogen) atoms. The van der Waals surface area contributed by atoms with Gasteiger partial charge in [0.2, 0.25) is 0 Å². The summed E-state index contributed by atoms with van der Waals surface area (Å²) < 4.78 is 0. The lowest BCUT2D eigenvalue weighted by molar-refractivity contribution is -0.396. The van der Waals surface area contributed by atoms with Crippen LogP contribution in [0.1, 0.15) is 16.7 Å². The Morgan fingerprint density at radius 3 is 1.97 bits per heavy atom. The molecule has 0 amide bonds. The Morgan fingerprint density at radius 2 is 1.36 bits per heavy atom. The number of aromatic nitrogens is 1. The topological polar surface area (TPSA) is 105 Å². The number of hydrogen-bond donors (Lipinski definition) is 1. The van der Waals surface area contributed by atoms with Crippen molar-refractivity contribution in [3.63, 3.8) is 0 Å². The highest BCUT2D eigenvalue weighted by atomic mass is 32.2. The first-order chi connectivity index (χ1) is 19.0. The molecule has 9 heteroatoms. The lowest BCUT2D eigenvalue weighted by Crippen LogP contribution is -2.25. The number of nitrogens with one attached hydrogen (secondary N) is 1. The van der Waals surface area contributed by atoms with Gasteiger partial charge in [-0.15, -0.1) is 0 Å². The number of nitro groups is 2. The summed E-state index contributed by atoms with van der Waals surface area (Å²) in [6.45, 7) is 2.34. The molecule has 1 N–H and O–H groups in total. The second kappa shape index (κ2) is 11.9. The number of rotatable bonds is 11. The van der Waals surface area contributed by atoms with E-state index >= 15 is 0 Å². The van der Waals surface area contributed by atoms with Gasteiger partial charge in [-0.1, -0.05) is 90.6 Å². The molecule has 0 saturated heterocycles. The average Bonchev–Trinajstić information content (AvgIpc) is 3.29. The third-order valence-corrected chi connectivity index (χ3v) is 7.63. The molecule has 0 spiro atoms. The van der Waals surface area contributed by atoms with Gasteiger partial charge in [0.25, 0.3) is 11.4 Å². The molecule has 5 rings (SSSR count). The summed E-state index contributed by atoms with van der Waals surface area (Å²) in [6, 6.07) is 32.4. The number of fused-ring (bicyclic) bond motifs is 1. The zero-order valence-electron chi connectivity index (χ0n) is 21.0. The summed E-state index contributed by atoms with van der Waals surface area (Å²) in [5, 5.41) is 24.8. The van der Waals surface area contributed by atoms with Crippen molar-refractivity contribution >= 4 is 34.0 Å². The van der Waals surface area contributed by atoms with Crippen LogP contribution in [0.4, 0.5) is 11.4 Å². The van der Waals surface area contributed by atoms with Crippen molar-refractivity contribution in [2.45, 2.75) is 29.4 Å². The highest BCUT2D eigenvalue weighted by molar-refractivity contribution is 7.99. The zero-order valence-corrected chi connectivity index (χ0v) is 21.8. The normalized spacial score (nSPS) is 11.2. The van der Waals surface area contributed by atoms with Crippen LogP contribution in [0.2, 0.25) is 0 Å². The van der Waals surface area contributed by atoms with Gasteiger partial charge >= 0.3 is 0 Å². The van der Waals surface area contributed by atoms with E-state index in [9.17, 15) is 20.2 Å². The summed E-state index contributed by atoms with van der Waals surface area (Å²) >= 11 is 1.24. The molecule has 0 unspecified atom stereocenters. The maximum absolute atomic E-state index is 11.8. The van der Waals surface area contributed by atoms with Crippen molar-refractivity contribution in [2.75, 3.05) is 6.54 Å². The molecule has 0 atom stereocenters. The third-order valence-electron chi connectivity index (χ3n) is 6.51. The molecule has 0 aliphatic carbocycles. The van der Waals surface area contributed by atoms with Gasteiger partial charge in [0.05, 0.1) is 25.8 Å². The first-order valence-electron chi connectivity index (χ1n) is 12.5. The Hall–Kier alpha value is -4.47. The molecule has 4 aromatic carbocycles. The number of nitro benzene ring substituents is 2. The minimum Gasteiger partial charge on any atom is -0.349 e. The lowest BCUT2D eigenvalue weighted by Gasteiger charge is -2.23. The van der Waals surface area contributed by atoms with Crippen LogP contribution in [0.15, 0.2) is 113 Å². The molecule has 0 radical (unpaired) electrons. The summed E-state index contributed by atoms with van der Waals surface area (Å²) in [7, 11) is 0. The van der Waals surface area contributed by atoms with Crippen molar-refractivity contribution in [1.29, 1.82) is 0 Å². The molecule has 0 saturated carbocycles. The van der Waals surface area contributed by atoms with E-state index in [-0.39, 0.29) is 11.4 Å². The van der Waals surface area contributed by atoms with E-state index in [4.69, 9.17) is 0 Å². The molecular formula is C30H26N4O4S.